The summed E-state index contributed by atoms with van der Waals surface area (Å²) in [6.45, 7) is 7.41. The van der Waals surface area contributed by atoms with Gasteiger partial charge in [-0.25, -0.2) is 4.98 Å². The first-order valence-corrected chi connectivity index (χ1v) is 13.3. The highest BCUT2D eigenvalue weighted by molar-refractivity contribution is 6.31. The van der Waals surface area contributed by atoms with Gasteiger partial charge in [-0.15, -0.1) is 0 Å². The number of hydrogen-bond donors (Lipinski definition) is 1. The number of carbonyl (C=O) groups excluding carboxylic acids is 1. The molecule has 0 saturated heterocycles. The van der Waals surface area contributed by atoms with Crippen molar-refractivity contribution in [2.75, 3.05) is 13.1 Å². The van der Waals surface area contributed by atoms with Crippen LogP contribution in [0.25, 0.3) is 10.9 Å². The third-order valence-corrected chi connectivity index (χ3v) is 6.99. The molecule has 1 aliphatic carbocycles. The van der Waals surface area contributed by atoms with Crippen LogP contribution in [0.1, 0.15) is 60.9 Å². The van der Waals surface area contributed by atoms with Gasteiger partial charge in [0, 0.05) is 17.1 Å². The Morgan fingerprint density at radius 2 is 1.92 bits per heavy atom. The first kappa shape index (κ1) is 26.8. The molecule has 0 bridgehead atoms. The van der Waals surface area contributed by atoms with E-state index in [-0.39, 0.29) is 17.4 Å². The lowest BCUT2D eigenvalue weighted by Gasteiger charge is -2.35. The predicted octanol–water partition coefficient (Wildman–Crippen LogP) is 5.82. The highest BCUT2D eigenvalue weighted by Gasteiger charge is 2.32. The Hall–Kier alpha value is -3.22. The molecular weight excluding hydrogens is 484 g/mol. The Morgan fingerprint density at radius 1 is 1.16 bits per heavy atom. The summed E-state index contributed by atoms with van der Waals surface area (Å²) in [5, 5.41) is 1.02. The second-order valence-corrected chi connectivity index (χ2v) is 10.4. The molecule has 0 saturated carbocycles. The van der Waals surface area contributed by atoms with E-state index in [4.69, 9.17) is 22.3 Å². The van der Waals surface area contributed by atoms with E-state index in [1.165, 1.54) is 0 Å². The maximum atomic E-state index is 13.9. The van der Waals surface area contributed by atoms with Crippen LogP contribution in [-0.4, -0.2) is 33.4 Å². The van der Waals surface area contributed by atoms with Crippen molar-refractivity contribution in [3.8, 4) is 0 Å². The Labute approximate surface area is 223 Å². The number of allylic oxidation sites excluding steroid dienone is 4. The van der Waals surface area contributed by atoms with Crippen molar-refractivity contribution < 1.29 is 4.79 Å². The molecule has 37 heavy (non-hydrogen) atoms. The summed E-state index contributed by atoms with van der Waals surface area (Å²) < 4.78 is 1.74. The molecule has 4 rings (SSSR count). The third kappa shape index (κ3) is 6.03. The molecule has 194 valence electrons. The highest BCUT2D eigenvalue weighted by atomic mass is 35.5. The van der Waals surface area contributed by atoms with Crippen LogP contribution in [0, 0.1) is 12.8 Å². The first-order chi connectivity index (χ1) is 17.8. The number of halogens is 1. The number of amides is 1. The molecule has 2 N–H and O–H groups in total. The van der Waals surface area contributed by atoms with Crippen molar-refractivity contribution in [3.05, 3.63) is 98.6 Å². The highest BCUT2D eigenvalue weighted by Crippen LogP contribution is 2.31. The van der Waals surface area contributed by atoms with E-state index in [9.17, 15) is 9.59 Å². The first-order valence-electron chi connectivity index (χ1n) is 12.9. The summed E-state index contributed by atoms with van der Waals surface area (Å²) in [4.78, 5) is 34.6. The largest absolute Gasteiger partial charge is 0.330 e. The van der Waals surface area contributed by atoms with Gasteiger partial charge in [0.15, 0.2) is 0 Å². The van der Waals surface area contributed by atoms with E-state index in [1.54, 1.807) is 22.8 Å². The summed E-state index contributed by atoms with van der Waals surface area (Å²) in [6, 6.07) is 12.3. The molecule has 1 aromatic heterocycles. The van der Waals surface area contributed by atoms with Crippen molar-refractivity contribution in [3.63, 3.8) is 0 Å². The minimum atomic E-state index is -0.440. The molecular formula is C30H35ClN4O2. The Kier molecular flexibility index (Phi) is 8.62. The zero-order valence-electron chi connectivity index (χ0n) is 21.8. The molecule has 0 radical (unpaired) electrons. The molecule has 6 nitrogen and oxygen atoms in total. The second kappa shape index (κ2) is 11.9. The number of benzene rings is 2. The summed E-state index contributed by atoms with van der Waals surface area (Å²) in [7, 11) is 0. The fraction of sp³-hybridized carbons (Fsp3) is 0.367. The van der Waals surface area contributed by atoms with Crippen LogP contribution in [0.15, 0.2) is 71.1 Å². The van der Waals surface area contributed by atoms with E-state index in [0.717, 1.165) is 24.0 Å². The molecule has 1 aliphatic rings. The summed E-state index contributed by atoms with van der Waals surface area (Å²) in [6.07, 6.45) is 8.93. The second-order valence-electron chi connectivity index (χ2n) is 9.98. The number of rotatable bonds is 9. The van der Waals surface area contributed by atoms with Gasteiger partial charge in [0.05, 0.1) is 23.5 Å². The number of nitrogens with two attached hydrogens (primary N) is 1. The number of aryl methyl sites for hydroxylation is 1. The summed E-state index contributed by atoms with van der Waals surface area (Å²) >= 11 is 6.29. The zero-order valence-corrected chi connectivity index (χ0v) is 22.5. The molecule has 2 aromatic carbocycles. The molecule has 0 spiro atoms. The van der Waals surface area contributed by atoms with Gasteiger partial charge in [0.1, 0.15) is 5.82 Å². The van der Waals surface area contributed by atoms with Gasteiger partial charge in [-0.1, -0.05) is 61.4 Å². The number of fused-ring (bicyclic) bond motifs is 1. The van der Waals surface area contributed by atoms with E-state index < -0.39 is 6.04 Å². The average Bonchev–Trinajstić information content (AvgIpc) is 2.88. The van der Waals surface area contributed by atoms with Crippen molar-refractivity contribution in [2.24, 2.45) is 11.7 Å². The van der Waals surface area contributed by atoms with Gasteiger partial charge in [-0.2, -0.15) is 0 Å². The molecule has 1 amide bonds. The number of carbonyl (C=O) groups is 1. The molecule has 1 unspecified atom stereocenters. The van der Waals surface area contributed by atoms with Gasteiger partial charge in [-0.3, -0.25) is 14.2 Å². The summed E-state index contributed by atoms with van der Waals surface area (Å²) in [5.74, 6) is 0.445. The lowest BCUT2D eigenvalue weighted by Crippen LogP contribution is -2.42. The Bertz CT molecular complexity index is 1390. The van der Waals surface area contributed by atoms with E-state index in [0.29, 0.717) is 53.4 Å². The molecule has 7 heteroatoms. The maximum Gasteiger partial charge on any atom is 0.261 e. The van der Waals surface area contributed by atoms with Crippen molar-refractivity contribution in [1.29, 1.82) is 0 Å². The molecule has 1 atom stereocenters. The maximum absolute atomic E-state index is 13.9. The fourth-order valence-corrected chi connectivity index (χ4v) is 5.01. The van der Waals surface area contributed by atoms with E-state index >= 15 is 0 Å². The Morgan fingerprint density at radius 3 is 2.57 bits per heavy atom. The van der Waals surface area contributed by atoms with Gasteiger partial charge < -0.3 is 10.6 Å². The predicted molar refractivity (Wildman–Crippen MR) is 151 cm³/mol. The van der Waals surface area contributed by atoms with Gasteiger partial charge in [0.25, 0.3) is 11.5 Å². The van der Waals surface area contributed by atoms with Crippen LogP contribution < -0.4 is 11.3 Å². The molecule has 1 heterocycles. The molecule has 0 aliphatic heterocycles. The van der Waals surface area contributed by atoms with Crippen LogP contribution in [-0.2, 0) is 6.54 Å². The van der Waals surface area contributed by atoms with Gasteiger partial charge >= 0.3 is 0 Å². The third-order valence-electron chi connectivity index (χ3n) is 6.75. The van der Waals surface area contributed by atoms with Crippen LogP contribution in [0.4, 0.5) is 0 Å². The zero-order chi connectivity index (χ0) is 26.5. The monoisotopic (exact) mass is 518 g/mol. The average molecular weight is 519 g/mol. The van der Waals surface area contributed by atoms with Gasteiger partial charge in [0.2, 0.25) is 0 Å². The van der Waals surface area contributed by atoms with Crippen LogP contribution in [0.2, 0.25) is 5.02 Å². The number of aromatic nitrogens is 2. The van der Waals surface area contributed by atoms with Crippen LogP contribution >= 0.6 is 11.6 Å². The number of nitrogens with zero attached hydrogens (tertiary/aromatic N) is 3. The SMILES string of the molecule is Cc1ccc(C(=O)N(CCCN)C(c2nc3cc(Cl)ccc3c(=O)n2CC2=CCCC=C2)C(C)C)cc1. The fourth-order valence-electron chi connectivity index (χ4n) is 4.85. The molecule has 3 aromatic rings. The smallest absolute Gasteiger partial charge is 0.261 e. The molecule has 0 fully saturated rings. The lowest BCUT2D eigenvalue weighted by atomic mass is 9.98. The van der Waals surface area contributed by atoms with Crippen molar-refractivity contribution >= 4 is 28.4 Å². The van der Waals surface area contributed by atoms with Crippen LogP contribution in [0.5, 0.6) is 0 Å². The minimum absolute atomic E-state index is 0.0159. The number of hydrogen-bond acceptors (Lipinski definition) is 4. The quantitative estimate of drug-likeness (QED) is 0.387. The van der Waals surface area contributed by atoms with Gasteiger partial charge in [-0.05, 0) is 74.6 Å². The summed E-state index contributed by atoms with van der Waals surface area (Å²) in [5.41, 5.74) is 9.02. The topological polar surface area (TPSA) is 81.2 Å². The normalized spacial score (nSPS) is 14.2. The van der Waals surface area contributed by atoms with Crippen molar-refractivity contribution in [1.82, 2.24) is 14.5 Å². The van der Waals surface area contributed by atoms with Crippen LogP contribution in [0.3, 0.4) is 0 Å². The van der Waals surface area contributed by atoms with E-state index in [1.807, 2.05) is 36.1 Å². The lowest BCUT2D eigenvalue weighted by molar-refractivity contribution is 0.0602. The van der Waals surface area contributed by atoms with Crippen molar-refractivity contribution in [2.45, 2.75) is 52.6 Å². The Balaban J connectivity index is 1.91. The van der Waals surface area contributed by atoms with E-state index in [2.05, 4.69) is 32.1 Å². The standard InChI is InChI=1S/C30H35ClN4O2/c1-20(2)27(34(17-7-16-32)29(36)23-12-10-21(3)11-13-23)28-33-26-18-24(31)14-15-25(26)30(37)35(28)19-22-8-5-4-6-9-22/h5,8-15,18,20,27H,4,6-7,16-17,19,32H2,1-3H3. The minimum Gasteiger partial charge on any atom is -0.330 e.